The molecule has 1 aromatic carbocycles. The van der Waals surface area contributed by atoms with Crippen molar-refractivity contribution in [1.29, 1.82) is 0 Å². The molecule has 4 nitrogen and oxygen atoms in total. The number of carboxylic acids is 1. The number of benzene rings is 1. The van der Waals surface area contributed by atoms with E-state index in [9.17, 15) is 18.4 Å². The van der Waals surface area contributed by atoms with Gasteiger partial charge in [0.25, 0.3) is 0 Å². The molecule has 0 spiro atoms. The monoisotopic (exact) mass is 297 g/mol. The van der Waals surface area contributed by atoms with E-state index in [-0.39, 0.29) is 12.1 Å². The summed E-state index contributed by atoms with van der Waals surface area (Å²) in [6.07, 6.45) is 1.65. The van der Waals surface area contributed by atoms with E-state index in [0.717, 1.165) is 18.6 Å². The molecule has 2 rings (SSSR count). The van der Waals surface area contributed by atoms with E-state index in [2.05, 4.69) is 0 Å². The first-order valence-electron chi connectivity index (χ1n) is 6.87. The van der Waals surface area contributed by atoms with E-state index >= 15 is 0 Å². The van der Waals surface area contributed by atoms with Crippen molar-refractivity contribution < 1.29 is 23.5 Å². The normalized spacial score (nSPS) is 16.1. The van der Waals surface area contributed by atoms with Crippen LogP contribution in [0.3, 0.4) is 0 Å². The van der Waals surface area contributed by atoms with Crippen molar-refractivity contribution in [2.45, 2.75) is 31.6 Å². The quantitative estimate of drug-likeness (QED) is 0.907. The maximum atomic E-state index is 14.0. The first kappa shape index (κ1) is 15.4. The Morgan fingerprint density at radius 2 is 2.00 bits per heavy atom. The second-order valence-electron chi connectivity index (χ2n) is 5.27. The molecule has 0 saturated heterocycles. The van der Waals surface area contributed by atoms with Gasteiger partial charge in [0, 0.05) is 18.2 Å². The predicted molar refractivity (Wildman–Crippen MR) is 71.8 cm³/mol. The lowest BCUT2D eigenvalue weighted by molar-refractivity contribution is -0.149. The minimum absolute atomic E-state index is 0.156. The molecule has 21 heavy (non-hydrogen) atoms. The molecular formula is C15H17F2NO3. The summed E-state index contributed by atoms with van der Waals surface area (Å²) in [5.41, 5.74) is -0.896. The van der Waals surface area contributed by atoms with Crippen LogP contribution in [0.1, 0.15) is 31.7 Å². The molecule has 1 N–H and O–H groups in total. The van der Waals surface area contributed by atoms with Crippen LogP contribution in [-0.2, 0) is 15.0 Å². The smallest absolute Gasteiger partial charge is 0.323 e. The molecule has 1 amide bonds. The van der Waals surface area contributed by atoms with Crippen molar-refractivity contribution in [2.24, 2.45) is 0 Å². The minimum atomic E-state index is -1.11. The molecule has 114 valence electrons. The molecule has 0 bridgehead atoms. The summed E-state index contributed by atoms with van der Waals surface area (Å²) in [4.78, 5) is 24.7. The van der Waals surface area contributed by atoms with E-state index in [1.807, 2.05) is 0 Å². The molecule has 0 radical (unpaired) electrons. The number of nitrogens with zero attached hydrogens (tertiary/aromatic N) is 1. The highest BCUT2D eigenvalue weighted by Crippen LogP contribution is 2.46. The van der Waals surface area contributed by atoms with E-state index < -0.39 is 35.5 Å². The topological polar surface area (TPSA) is 57.6 Å². The Bertz CT molecular complexity index is 570. The van der Waals surface area contributed by atoms with Crippen LogP contribution < -0.4 is 0 Å². The summed E-state index contributed by atoms with van der Waals surface area (Å²) < 4.78 is 27.1. The maximum absolute atomic E-state index is 14.0. The Hall–Kier alpha value is -1.98. The maximum Gasteiger partial charge on any atom is 0.323 e. The van der Waals surface area contributed by atoms with Crippen LogP contribution in [0.25, 0.3) is 0 Å². The lowest BCUT2D eigenvalue weighted by atomic mass is 9.63. The number of carboxylic acid groups (broad SMARTS) is 1. The van der Waals surface area contributed by atoms with Gasteiger partial charge in [-0.2, -0.15) is 0 Å². The third kappa shape index (κ3) is 2.75. The van der Waals surface area contributed by atoms with Crippen LogP contribution in [0.5, 0.6) is 0 Å². The lowest BCUT2D eigenvalue weighted by Crippen LogP contribution is -2.52. The Balaban J connectivity index is 2.36. The average Bonchev–Trinajstić information content (AvgIpc) is 2.36. The van der Waals surface area contributed by atoms with Gasteiger partial charge in [-0.1, -0.05) is 12.5 Å². The summed E-state index contributed by atoms with van der Waals surface area (Å²) in [6.45, 7) is 1.49. The number of hydrogen-bond acceptors (Lipinski definition) is 2. The van der Waals surface area contributed by atoms with Crippen LogP contribution in [-0.4, -0.2) is 35.0 Å². The molecule has 0 unspecified atom stereocenters. The van der Waals surface area contributed by atoms with Crippen molar-refractivity contribution >= 4 is 11.9 Å². The van der Waals surface area contributed by atoms with Crippen LogP contribution in [0.4, 0.5) is 8.78 Å². The van der Waals surface area contributed by atoms with Gasteiger partial charge in [-0.05, 0) is 25.8 Å². The Morgan fingerprint density at radius 3 is 2.43 bits per heavy atom. The Kier molecular flexibility index (Phi) is 4.25. The molecule has 1 saturated carbocycles. The number of amides is 1. The number of likely N-dealkylation sites (N-methyl/N-ethyl adjacent to an activating group) is 1. The van der Waals surface area contributed by atoms with Crippen LogP contribution in [0.2, 0.25) is 0 Å². The SMILES string of the molecule is CCN(CC(=O)O)C(=O)C1(c2ccc(F)cc2F)CCC1. The molecule has 1 aliphatic carbocycles. The molecule has 1 aromatic rings. The Morgan fingerprint density at radius 1 is 1.33 bits per heavy atom. The fourth-order valence-electron chi connectivity index (χ4n) is 2.80. The van der Waals surface area contributed by atoms with Gasteiger partial charge >= 0.3 is 5.97 Å². The number of aliphatic carboxylic acids is 1. The van der Waals surface area contributed by atoms with Gasteiger partial charge < -0.3 is 10.0 Å². The average molecular weight is 297 g/mol. The highest BCUT2D eigenvalue weighted by atomic mass is 19.1. The van der Waals surface area contributed by atoms with Crippen molar-refractivity contribution in [3.05, 3.63) is 35.4 Å². The second kappa shape index (κ2) is 5.79. The number of halogens is 2. The van der Waals surface area contributed by atoms with Gasteiger partial charge in [-0.25, -0.2) is 8.78 Å². The summed E-state index contributed by atoms with van der Waals surface area (Å²) in [5, 5.41) is 8.86. The standard InChI is InChI=1S/C15H17F2NO3/c1-2-18(9-13(19)20)14(21)15(6-3-7-15)11-5-4-10(16)8-12(11)17/h4-5,8H,2-3,6-7,9H2,1H3,(H,19,20). The van der Waals surface area contributed by atoms with Gasteiger partial charge in [-0.3, -0.25) is 9.59 Å². The summed E-state index contributed by atoms with van der Waals surface area (Å²) in [6, 6.07) is 3.17. The van der Waals surface area contributed by atoms with Gasteiger partial charge in [0.2, 0.25) is 5.91 Å². The summed E-state index contributed by atoms with van der Waals surface area (Å²) >= 11 is 0. The van der Waals surface area contributed by atoms with E-state index in [1.165, 1.54) is 11.0 Å². The zero-order valence-electron chi connectivity index (χ0n) is 11.7. The van der Waals surface area contributed by atoms with Crippen molar-refractivity contribution in [3.63, 3.8) is 0 Å². The number of carbonyl (C=O) groups is 2. The zero-order chi connectivity index (χ0) is 15.6. The number of hydrogen-bond donors (Lipinski definition) is 1. The van der Waals surface area contributed by atoms with E-state index in [1.54, 1.807) is 6.92 Å². The van der Waals surface area contributed by atoms with Crippen LogP contribution in [0, 0.1) is 11.6 Å². The van der Waals surface area contributed by atoms with Gasteiger partial charge in [-0.15, -0.1) is 0 Å². The fraction of sp³-hybridized carbons (Fsp3) is 0.467. The van der Waals surface area contributed by atoms with Gasteiger partial charge in [0.1, 0.15) is 18.2 Å². The van der Waals surface area contributed by atoms with Crippen LogP contribution in [0.15, 0.2) is 18.2 Å². The molecule has 0 aliphatic heterocycles. The first-order chi connectivity index (χ1) is 9.90. The molecule has 1 aliphatic rings. The molecular weight excluding hydrogens is 280 g/mol. The van der Waals surface area contributed by atoms with Crippen LogP contribution >= 0.6 is 0 Å². The van der Waals surface area contributed by atoms with Gasteiger partial charge in [0.05, 0.1) is 5.41 Å². The zero-order valence-corrected chi connectivity index (χ0v) is 11.7. The molecule has 6 heteroatoms. The van der Waals surface area contributed by atoms with Crippen molar-refractivity contribution in [2.75, 3.05) is 13.1 Å². The van der Waals surface area contributed by atoms with Crippen molar-refractivity contribution in [3.8, 4) is 0 Å². The summed E-state index contributed by atoms with van der Waals surface area (Å²) in [7, 11) is 0. The van der Waals surface area contributed by atoms with E-state index in [4.69, 9.17) is 5.11 Å². The summed E-state index contributed by atoms with van der Waals surface area (Å²) in [5.74, 6) is -2.96. The largest absolute Gasteiger partial charge is 0.480 e. The minimum Gasteiger partial charge on any atom is -0.480 e. The fourth-order valence-corrected chi connectivity index (χ4v) is 2.80. The van der Waals surface area contributed by atoms with Gasteiger partial charge in [0.15, 0.2) is 0 Å². The highest BCUT2D eigenvalue weighted by Gasteiger charge is 2.49. The lowest BCUT2D eigenvalue weighted by Gasteiger charge is -2.43. The number of carbonyl (C=O) groups excluding carboxylic acids is 1. The predicted octanol–water partition coefficient (Wildman–Crippen LogP) is 2.32. The molecule has 1 fully saturated rings. The Labute approximate surface area is 121 Å². The second-order valence-corrected chi connectivity index (χ2v) is 5.27. The third-order valence-corrected chi connectivity index (χ3v) is 4.06. The third-order valence-electron chi connectivity index (χ3n) is 4.06. The first-order valence-corrected chi connectivity index (χ1v) is 6.87. The number of rotatable bonds is 5. The van der Waals surface area contributed by atoms with E-state index in [0.29, 0.717) is 12.8 Å². The highest BCUT2D eigenvalue weighted by molar-refractivity contribution is 5.91. The molecule has 0 aromatic heterocycles. The molecule has 0 atom stereocenters. The molecule has 0 heterocycles. The van der Waals surface area contributed by atoms with Crippen molar-refractivity contribution in [1.82, 2.24) is 4.90 Å².